The first-order chi connectivity index (χ1) is 7.31. The van der Waals surface area contributed by atoms with E-state index in [4.69, 9.17) is 11.6 Å². The van der Waals surface area contributed by atoms with Gasteiger partial charge in [0.2, 0.25) is 0 Å². The summed E-state index contributed by atoms with van der Waals surface area (Å²) in [5.74, 6) is 3.01. The van der Waals surface area contributed by atoms with E-state index in [1.807, 2.05) is 0 Å². The molecular weight excluding hydrogens is 206 g/mol. The van der Waals surface area contributed by atoms with Crippen LogP contribution in [0, 0.1) is 17.8 Å². The molecule has 15 heavy (non-hydrogen) atoms. The van der Waals surface area contributed by atoms with Gasteiger partial charge < -0.3 is 4.90 Å². The number of hydrogen-bond acceptors (Lipinski definition) is 1. The van der Waals surface area contributed by atoms with Gasteiger partial charge in [0.15, 0.2) is 0 Å². The highest BCUT2D eigenvalue weighted by Gasteiger charge is 2.37. The summed E-state index contributed by atoms with van der Waals surface area (Å²) in [5, 5.41) is 0.481. The molecule has 2 saturated carbocycles. The van der Waals surface area contributed by atoms with Gasteiger partial charge in [-0.25, -0.2) is 0 Å². The molecule has 3 fully saturated rings. The molecule has 3 unspecified atom stereocenters. The summed E-state index contributed by atoms with van der Waals surface area (Å²) in [5.41, 5.74) is 0. The summed E-state index contributed by atoms with van der Waals surface area (Å²) in [4.78, 5) is 2.71. The third kappa shape index (κ3) is 2.50. The molecule has 1 aliphatic heterocycles. The molecule has 86 valence electrons. The standard InChI is InChI=1S/C13H22ClN/c14-13-4-3-11-8-15(9-12(11)7-13)6-5-10-1-2-10/h10-13H,1-9H2. The maximum absolute atomic E-state index is 6.25. The van der Waals surface area contributed by atoms with Crippen LogP contribution in [-0.2, 0) is 0 Å². The molecule has 3 atom stereocenters. The molecule has 0 N–H and O–H groups in total. The van der Waals surface area contributed by atoms with Gasteiger partial charge >= 0.3 is 0 Å². The number of hydrogen-bond donors (Lipinski definition) is 0. The van der Waals surface area contributed by atoms with Crippen molar-refractivity contribution in [2.24, 2.45) is 17.8 Å². The van der Waals surface area contributed by atoms with Gasteiger partial charge in [-0.05, 0) is 50.0 Å². The fourth-order valence-electron chi connectivity index (χ4n) is 3.43. The van der Waals surface area contributed by atoms with Crippen LogP contribution in [0.25, 0.3) is 0 Å². The molecule has 1 nitrogen and oxygen atoms in total. The van der Waals surface area contributed by atoms with Crippen molar-refractivity contribution in [3.05, 3.63) is 0 Å². The molecule has 3 aliphatic rings. The minimum atomic E-state index is 0.481. The number of fused-ring (bicyclic) bond motifs is 1. The number of halogens is 1. The Labute approximate surface area is 98.2 Å². The first-order valence-electron chi connectivity index (χ1n) is 6.67. The largest absolute Gasteiger partial charge is 0.303 e. The first-order valence-corrected chi connectivity index (χ1v) is 7.11. The third-order valence-electron chi connectivity index (χ3n) is 4.61. The van der Waals surface area contributed by atoms with Crippen LogP contribution in [0.4, 0.5) is 0 Å². The number of nitrogens with zero attached hydrogens (tertiary/aromatic N) is 1. The minimum Gasteiger partial charge on any atom is -0.303 e. The summed E-state index contributed by atoms with van der Waals surface area (Å²) >= 11 is 6.25. The summed E-state index contributed by atoms with van der Waals surface area (Å²) in [6.45, 7) is 4.09. The fourth-order valence-corrected chi connectivity index (χ4v) is 3.78. The Hall–Kier alpha value is 0.250. The molecule has 0 bridgehead atoms. The second-order valence-corrected chi connectivity index (χ2v) is 6.54. The normalized spacial score (nSPS) is 41.8. The predicted molar refractivity (Wildman–Crippen MR) is 64.3 cm³/mol. The van der Waals surface area contributed by atoms with Gasteiger partial charge in [0.25, 0.3) is 0 Å². The maximum Gasteiger partial charge on any atom is 0.0339 e. The summed E-state index contributed by atoms with van der Waals surface area (Å²) in [7, 11) is 0. The summed E-state index contributed by atoms with van der Waals surface area (Å²) in [6.07, 6.45) is 8.41. The van der Waals surface area contributed by atoms with Crippen molar-refractivity contribution in [1.29, 1.82) is 0 Å². The van der Waals surface area contributed by atoms with E-state index >= 15 is 0 Å². The lowest BCUT2D eigenvalue weighted by molar-refractivity contribution is 0.304. The highest BCUT2D eigenvalue weighted by Crippen LogP contribution is 2.39. The molecule has 0 aromatic heterocycles. The van der Waals surface area contributed by atoms with Crippen LogP contribution in [0.2, 0.25) is 0 Å². The van der Waals surface area contributed by atoms with Crippen molar-refractivity contribution in [3.63, 3.8) is 0 Å². The second-order valence-electron chi connectivity index (χ2n) is 5.92. The van der Waals surface area contributed by atoms with Crippen LogP contribution < -0.4 is 0 Å². The second kappa shape index (κ2) is 4.25. The van der Waals surface area contributed by atoms with E-state index in [1.165, 1.54) is 58.2 Å². The number of rotatable bonds is 3. The number of alkyl halides is 1. The fraction of sp³-hybridized carbons (Fsp3) is 1.00. The molecule has 0 amide bonds. The Morgan fingerprint density at radius 1 is 1.00 bits per heavy atom. The maximum atomic E-state index is 6.25. The lowest BCUT2D eigenvalue weighted by Crippen LogP contribution is -2.23. The molecule has 0 aromatic carbocycles. The van der Waals surface area contributed by atoms with Crippen molar-refractivity contribution in [3.8, 4) is 0 Å². The Balaban J connectivity index is 1.48. The molecule has 2 heteroatoms. The topological polar surface area (TPSA) is 3.24 Å². The van der Waals surface area contributed by atoms with E-state index in [0.29, 0.717) is 5.38 Å². The summed E-state index contributed by atoms with van der Waals surface area (Å²) < 4.78 is 0. The van der Waals surface area contributed by atoms with Crippen LogP contribution in [0.3, 0.4) is 0 Å². The predicted octanol–water partition coefficient (Wildman–Crippen LogP) is 3.13. The molecule has 3 rings (SSSR count). The zero-order valence-corrected chi connectivity index (χ0v) is 10.3. The van der Waals surface area contributed by atoms with E-state index in [-0.39, 0.29) is 0 Å². The quantitative estimate of drug-likeness (QED) is 0.670. The van der Waals surface area contributed by atoms with E-state index < -0.39 is 0 Å². The zero-order valence-electron chi connectivity index (χ0n) is 9.50. The van der Waals surface area contributed by atoms with Gasteiger partial charge in [-0.3, -0.25) is 0 Å². The zero-order chi connectivity index (χ0) is 10.3. The number of likely N-dealkylation sites (tertiary alicyclic amines) is 1. The van der Waals surface area contributed by atoms with Crippen molar-refractivity contribution in [2.45, 2.75) is 43.9 Å². The van der Waals surface area contributed by atoms with Gasteiger partial charge in [0.1, 0.15) is 0 Å². The highest BCUT2D eigenvalue weighted by atomic mass is 35.5. The Bertz CT molecular complexity index is 227. The molecule has 0 spiro atoms. The lowest BCUT2D eigenvalue weighted by Gasteiger charge is -2.27. The van der Waals surface area contributed by atoms with E-state index in [9.17, 15) is 0 Å². The van der Waals surface area contributed by atoms with Gasteiger partial charge in [0.05, 0.1) is 0 Å². The van der Waals surface area contributed by atoms with Crippen LogP contribution in [0.1, 0.15) is 38.5 Å². The third-order valence-corrected chi connectivity index (χ3v) is 5.01. The van der Waals surface area contributed by atoms with Gasteiger partial charge in [-0.15, -0.1) is 11.6 Å². The monoisotopic (exact) mass is 227 g/mol. The van der Waals surface area contributed by atoms with E-state index in [2.05, 4.69) is 4.90 Å². The van der Waals surface area contributed by atoms with Crippen molar-refractivity contribution in [2.75, 3.05) is 19.6 Å². The van der Waals surface area contributed by atoms with Gasteiger partial charge in [-0.2, -0.15) is 0 Å². The van der Waals surface area contributed by atoms with E-state index in [1.54, 1.807) is 0 Å². The van der Waals surface area contributed by atoms with Gasteiger partial charge in [-0.1, -0.05) is 12.8 Å². The molecule has 2 aliphatic carbocycles. The molecule has 0 aromatic rings. The van der Waals surface area contributed by atoms with E-state index in [0.717, 1.165) is 17.8 Å². The average Bonchev–Trinajstić information content (AvgIpc) is 2.95. The Morgan fingerprint density at radius 2 is 1.80 bits per heavy atom. The minimum absolute atomic E-state index is 0.481. The van der Waals surface area contributed by atoms with Crippen LogP contribution in [-0.4, -0.2) is 29.9 Å². The molecule has 0 radical (unpaired) electrons. The Morgan fingerprint density at radius 3 is 2.60 bits per heavy atom. The Kier molecular flexibility index (Phi) is 2.95. The average molecular weight is 228 g/mol. The van der Waals surface area contributed by atoms with Crippen LogP contribution in [0.5, 0.6) is 0 Å². The SMILES string of the molecule is ClC1CCC2CN(CCC3CC3)CC2C1. The molecule has 1 heterocycles. The van der Waals surface area contributed by atoms with Crippen molar-refractivity contribution < 1.29 is 0 Å². The first kappa shape index (κ1) is 10.4. The highest BCUT2D eigenvalue weighted by molar-refractivity contribution is 6.20. The summed E-state index contributed by atoms with van der Waals surface area (Å²) in [6, 6.07) is 0. The molecule has 1 saturated heterocycles. The van der Waals surface area contributed by atoms with Crippen molar-refractivity contribution >= 4 is 11.6 Å². The molecular formula is C13H22ClN. The smallest absolute Gasteiger partial charge is 0.0339 e. The van der Waals surface area contributed by atoms with Crippen molar-refractivity contribution in [1.82, 2.24) is 4.90 Å². The van der Waals surface area contributed by atoms with Crippen LogP contribution in [0.15, 0.2) is 0 Å². The van der Waals surface area contributed by atoms with Crippen LogP contribution >= 0.6 is 11.6 Å². The van der Waals surface area contributed by atoms with Gasteiger partial charge in [0, 0.05) is 18.5 Å². The lowest BCUT2D eigenvalue weighted by atomic mass is 9.82.